The fraction of sp³-hybridized carbons (Fsp3) is 0.412. The van der Waals surface area contributed by atoms with Crippen LogP contribution in [0.5, 0.6) is 0 Å². The summed E-state index contributed by atoms with van der Waals surface area (Å²) in [6.45, 7) is 5.65. The zero-order valence-electron chi connectivity index (χ0n) is 11.0. The lowest BCUT2D eigenvalue weighted by Crippen LogP contribution is -2.10. The highest BCUT2D eigenvalue weighted by atomic mass is 19.1. The van der Waals surface area contributed by atoms with Gasteiger partial charge < -0.3 is 0 Å². The predicted molar refractivity (Wildman–Crippen MR) is 75.8 cm³/mol. The molecule has 0 amide bonds. The average Bonchev–Trinajstić information content (AvgIpc) is 2.41. The molecule has 0 bridgehead atoms. The lowest BCUT2D eigenvalue weighted by Gasteiger charge is -2.24. The maximum atomic E-state index is 13.4. The monoisotopic (exact) mass is 244 g/mol. The first kappa shape index (κ1) is 13.1. The van der Waals surface area contributed by atoms with E-state index in [1.807, 2.05) is 12.1 Å². The summed E-state index contributed by atoms with van der Waals surface area (Å²) in [5.74, 6) is 1.23. The molecule has 0 nitrogen and oxygen atoms in total. The van der Waals surface area contributed by atoms with Gasteiger partial charge in [-0.25, -0.2) is 4.39 Å². The maximum Gasteiger partial charge on any atom is 0.126 e. The first-order valence-electron chi connectivity index (χ1n) is 6.76. The molecule has 0 N–H and O–H groups in total. The normalized spacial score (nSPS) is 24.3. The number of hydrogen-bond acceptors (Lipinski definition) is 0. The average molecular weight is 244 g/mol. The van der Waals surface area contributed by atoms with Crippen molar-refractivity contribution in [1.29, 1.82) is 0 Å². The van der Waals surface area contributed by atoms with Crippen molar-refractivity contribution in [3.05, 3.63) is 53.9 Å². The Bertz CT molecular complexity index is 437. The minimum Gasteiger partial charge on any atom is -0.207 e. The van der Waals surface area contributed by atoms with Crippen LogP contribution in [-0.2, 0) is 0 Å². The van der Waals surface area contributed by atoms with Crippen LogP contribution in [0.1, 0.15) is 36.8 Å². The van der Waals surface area contributed by atoms with Gasteiger partial charge in [0.1, 0.15) is 5.82 Å². The molecule has 0 saturated heterocycles. The van der Waals surface area contributed by atoms with Gasteiger partial charge in [0.2, 0.25) is 0 Å². The first-order chi connectivity index (χ1) is 8.69. The van der Waals surface area contributed by atoms with Gasteiger partial charge in [0.25, 0.3) is 0 Å². The van der Waals surface area contributed by atoms with Gasteiger partial charge in [0, 0.05) is 0 Å². The second kappa shape index (κ2) is 5.99. The van der Waals surface area contributed by atoms with Crippen molar-refractivity contribution in [1.82, 2.24) is 0 Å². The molecule has 1 saturated carbocycles. The van der Waals surface area contributed by atoms with Gasteiger partial charge in [-0.15, -0.1) is 6.58 Å². The molecule has 0 atom stereocenters. The lowest BCUT2D eigenvalue weighted by atomic mass is 9.82. The van der Waals surface area contributed by atoms with Crippen molar-refractivity contribution in [2.45, 2.75) is 32.6 Å². The molecule has 96 valence electrons. The number of hydrogen-bond donors (Lipinski definition) is 0. The van der Waals surface area contributed by atoms with Gasteiger partial charge in [-0.3, -0.25) is 0 Å². The van der Waals surface area contributed by atoms with Crippen LogP contribution in [0.15, 0.2) is 36.9 Å². The second-order valence-electron chi connectivity index (χ2n) is 5.28. The van der Waals surface area contributed by atoms with Crippen molar-refractivity contribution in [3.63, 3.8) is 0 Å². The SMILES string of the molecule is C=CC1CCC(/C=C/c2ccc(C)c(F)c2)CC1. The second-order valence-corrected chi connectivity index (χ2v) is 5.28. The van der Waals surface area contributed by atoms with E-state index in [0.717, 1.165) is 5.56 Å². The van der Waals surface area contributed by atoms with Crippen molar-refractivity contribution >= 4 is 6.08 Å². The van der Waals surface area contributed by atoms with E-state index in [0.29, 0.717) is 17.4 Å². The number of aryl methyl sites for hydroxylation is 1. The van der Waals surface area contributed by atoms with Crippen LogP contribution in [0.2, 0.25) is 0 Å². The van der Waals surface area contributed by atoms with Crippen molar-refractivity contribution < 1.29 is 4.39 Å². The lowest BCUT2D eigenvalue weighted by molar-refractivity contribution is 0.357. The highest BCUT2D eigenvalue weighted by Crippen LogP contribution is 2.30. The highest BCUT2D eigenvalue weighted by molar-refractivity contribution is 5.50. The molecule has 1 aromatic rings. The largest absolute Gasteiger partial charge is 0.207 e. The van der Waals surface area contributed by atoms with Crippen LogP contribution in [0.4, 0.5) is 4.39 Å². The van der Waals surface area contributed by atoms with Crippen LogP contribution in [0, 0.1) is 24.6 Å². The molecule has 0 unspecified atom stereocenters. The molecule has 18 heavy (non-hydrogen) atoms. The highest BCUT2D eigenvalue weighted by Gasteiger charge is 2.16. The molecule has 1 aromatic carbocycles. The van der Waals surface area contributed by atoms with Crippen molar-refractivity contribution in [3.8, 4) is 0 Å². The maximum absolute atomic E-state index is 13.4. The Morgan fingerprint density at radius 2 is 1.83 bits per heavy atom. The molecule has 0 heterocycles. The van der Waals surface area contributed by atoms with Crippen molar-refractivity contribution in [2.75, 3.05) is 0 Å². The van der Waals surface area contributed by atoms with Crippen LogP contribution < -0.4 is 0 Å². The molecule has 2 rings (SSSR count). The summed E-state index contributed by atoms with van der Waals surface area (Å²) in [6, 6.07) is 5.43. The quantitative estimate of drug-likeness (QED) is 0.646. The number of halogens is 1. The third kappa shape index (κ3) is 3.32. The van der Waals surface area contributed by atoms with E-state index in [4.69, 9.17) is 0 Å². The van der Waals surface area contributed by atoms with Gasteiger partial charge in [0.05, 0.1) is 0 Å². The molecular weight excluding hydrogens is 223 g/mol. The first-order valence-corrected chi connectivity index (χ1v) is 6.76. The van der Waals surface area contributed by atoms with E-state index >= 15 is 0 Å². The van der Waals surface area contributed by atoms with Gasteiger partial charge in [-0.1, -0.05) is 30.4 Å². The van der Waals surface area contributed by atoms with Gasteiger partial charge in [-0.2, -0.15) is 0 Å². The van der Waals surface area contributed by atoms with Crippen LogP contribution in [0.3, 0.4) is 0 Å². The fourth-order valence-corrected chi connectivity index (χ4v) is 2.53. The topological polar surface area (TPSA) is 0 Å². The van der Waals surface area contributed by atoms with Crippen LogP contribution in [0.25, 0.3) is 6.08 Å². The van der Waals surface area contributed by atoms with Crippen molar-refractivity contribution in [2.24, 2.45) is 11.8 Å². The van der Waals surface area contributed by atoms with E-state index in [2.05, 4.69) is 24.8 Å². The van der Waals surface area contributed by atoms with Gasteiger partial charge in [-0.05, 0) is 61.6 Å². The smallest absolute Gasteiger partial charge is 0.126 e. The Labute approximate surface area is 109 Å². The molecule has 1 fully saturated rings. The minimum absolute atomic E-state index is 0.118. The zero-order valence-corrected chi connectivity index (χ0v) is 11.0. The minimum atomic E-state index is -0.118. The molecular formula is C17H21F. The molecule has 0 aromatic heterocycles. The number of rotatable bonds is 3. The van der Waals surface area contributed by atoms with Crippen LogP contribution in [-0.4, -0.2) is 0 Å². The van der Waals surface area contributed by atoms with E-state index in [9.17, 15) is 4.39 Å². The number of allylic oxidation sites excluding steroid dienone is 2. The fourth-order valence-electron chi connectivity index (χ4n) is 2.53. The van der Waals surface area contributed by atoms with E-state index in [1.165, 1.54) is 25.7 Å². The number of benzene rings is 1. The molecule has 1 aliphatic rings. The van der Waals surface area contributed by atoms with Gasteiger partial charge in [0.15, 0.2) is 0 Å². The summed E-state index contributed by atoms with van der Waals surface area (Å²) in [6.07, 6.45) is 11.3. The standard InChI is InChI=1S/C17H21F/c1-3-14-6-8-15(9-7-14)10-11-16-5-4-13(2)17(18)12-16/h3-5,10-12,14-15H,1,6-9H2,2H3/b11-10+. The van der Waals surface area contributed by atoms with E-state index in [-0.39, 0.29) is 5.82 Å². The Morgan fingerprint density at radius 3 is 2.44 bits per heavy atom. The summed E-state index contributed by atoms with van der Waals surface area (Å²) in [5.41, 5.74) is 1.67. The summed E-state index contributed by atoms with van der Waals surface area (Å²) < 4.78 is 13.4. The van der Waals surface area contributed by atoms with E-state index < -0.39 is 0 Å². The summed E-state index contributed by atoms with van der Waals surface area (Å²) in [4.78, 5) is 0. The molecule has 0 aliphatic heterocycles. The summed E-state index contributed by atoms with van der Waals surface area (Å²) in [5, 5.41) is 0. The van der Waals surface area contributed by atoms with E-state index in [1.54, 1.807) is 13.0 Å². The summed E-state index contributed by atoms with van der Waals surface area (Å²) in [7, 11) is 0. The zero-order chi connectivity index (χ0) is 13.0. The predicted octanol–water partition coefficient (Wildman–Crippen LogP) is 5.14. The molecule has 0 radical (unpaired) electrons. The third-order valence-corrected chi connectivity index (χ3v) is 3.91. The van der Waals surface area contributed by atoms with Crippen LogP contribution >= 0.6 is 0 Å². The Kier molecular flexibility index (Phi) is 4.35. The Hall–Kier alpha value is -1.37. The molecule has 0 spiro atoms. The summed E-state index contributed by atoms with van der Waals surface area (Å²) >= 11 is 0. The Balaban J connectivity index is 1.95. The van der Waals surface area contributed by atoms with Gasteiger partial charge >= 0.3 is 0 Å². The Morgan fingerprint density at radius 1 is 1.17 bits per heavy atom. The molecule has 1 heteroatoms. The third-order valence-electron chi connectivity index (χ3n) is 3.91. The molecule has 1 aliphatic carbocycles.